The molecule has 0 fully saturated rings. The third-order valence-electron chi connectivity index (χ3n) is 2.39. The van der Waals surface area contributed by atoms with Crippen LogP contribution in [-0.4, -0.2) is 9.97 Å². The Hall–Kier alpha value is -1.66. The number of nitrogens with two attached hydrogens (primary N) is 1. The van der Waals surface area contributed by atoms with Crippen LogP contribution in [0.4, 0.5) is 11.6 Å². The Balaban J connectivity index is 2.15. The lowest BCUT2D eigenvalue weighted by atomic mass is 10.2. The van der Waals surface area contributed by atoms with Crippen molar-refractivity contribution < 1.29 is 0 Å². The van der Waals surface area contributed by atoms with Crippen LogP contribution < -0.4 is 16.6 Å². The predicted molar refractivity (Wildman–Crippen MR) is 70.9 cm³/mol. The summed E-state index contributed by atoms with van der Waals surface area (Å²) in [4.78, 5) is 8.45. The van der Waals surface area contributed by atoms with Crippen molar-refractivity contribution in [2.24, 2.45) is 5.84 Å². The summed E-state index contributed by atoms with van der Waals surface area (Å²) in [6, 6.07) is 4.09. The van der Waals surface area contributed by atoms with Crippen molar-refractivity contribution in [3.05, 3.63) is 34.3 Å². The molecule has 90 valence electrons. The number of thiophene rings is 1. The van der Waals surface area contributed by atoms with Crippen molar-refractivity contribution in [1.82, 2.24) is 9.97 Å². The van der Waals surface area contributed by atoms with E-state index in [4.69, 9.17) is 5.84 Å². The molecular weight excluding hydrogens is 234 g/mol. The van der Waals surface area contributed by atoms with E-state index < -0.39 is 0 Å². The van der Waals surface area contributed by atoms with Crippen LogP contribution in [0, 0.1) is 6.92 Å². The highest BCUT2D eigenvalue weighted by Gasteiger charge is 2.07. The SMILES string of the molecule is Cc1nc(NN)cc(NC(C)c2ccsc2)n1. The fourth-order valence-corrected chi connectivity index (χ4v) is 2.30. The Bertz CT molecular complexity index is 483. The molecule has 0 amide bonds. The zero-order valence-corrected chi connectivity index (χ0v) is 10.6. The van der Waals surface area contributed by atoms with E-state index >= 15 is 0 Å². The number of nitrogen functional groups attached to an aromatic ring is 1. The third kappa shape index (κ3) is 2.92. The van der Waals surface area contributed by atoms with Crippen molar-refractivity contribution in [3.8, 4) is 0 Å². The number of nitrogens with zero attached hydrogens (tertiary/aromatic N) is 2. The highest BCUT2D eigenvalue weighted by molar-refractivity contribution is 7.07. The van der Waals surface area contributed by atoms with Crippen molar-refractivity contribution in [3.63, 3.8) is 0 Å². The number of hydrazine groups is 1. The highest BCUT2D eigenvalue weighted by atomic mass is 32.1. The normalized spacial score (nSPS) is 12.2. The lowest BCUT2D eigenvalue weighted by molar-refractivity contribution is 0.872. The molecule has 0 aliphatic rings. The summed E-state index contributed by atoms with van der Waals surface area (Å²) in [5.41, 5.74) is 3.77. The maximum absolute atomic E-state index is 5.35. The molecule has 4 N–H and O–H groups in total. The van der Waals surface area contributed by atoms with Crippen LogP contribution >= 0.6 is 11.3 Å². The summed E-state index contributed by atoms with van der Waals surface area (Å²) < 4.78 is 0. The quantitative estimate of drug-likeness (QED) is 0.572. The molecule has 0 aliphatic heterocycles. The minimum atomic E-state index is 0.209. The molecule has 0 aromatic carbocycles. The van der Waals surface area contributed by atoms with Crippen LogP contribution in [0.3, 0.4) is 0 Å². The van der Waals surface area contributed by atoms with Gasteiger partial charge in [0.05, 0.1) is 6.04 Å². The van der Waals surface area contributed by atoms with Crippen molar-refractivity contribution in [2.75, 3.05) is 10.7 Å². The molecule has 1 atom stereocenters. The molecule has 0 spiro atoms. The molecule has 0 aliphatic carbocycles. The van der Waals surface area contributed by atoms with Crippen LogP contribution in [0.1, 0.15) is 24.4 Å². The molecule has 0 radical (unpaired) electrons. The Kier molecular flexibility index (Phi) is 3.55. The van der Waals surface area contributed by atoms with Crippen LogP contribution in [-0.2, 0) is 0 Å². The molecule has 17 heavy (non-hydrogen) atoms. The fraction of sp³-hybridized carbons (Fsp3) is 0.273. The van der Waals surface area contributed by atoms with Gasteiger partial charge < -0.3 is 10.7 Å². The van der Waals surface area contributed by atoms with Crippen molar-refractivity contribution >= 4 is 23.0 Å². The number of nitrogens with one attached hydrogen (secondary N) is 2. The van der Waals surface area contributed by atoms with Gasteiger partial charge in [-0.25, -0.2) is 15.8 Å². The topological polar surface area (TPSA) is 75.9 Å². The van der Waals surface area contributed by atoms with Gasteiger partial charge in [-0.15, -0.1) is 0 Å². The van der Waals surface area contributed by atoms with Gasteiger partial charge in [0, 0.05) is 6.07 Å². The number of rotatable bonds is 4. The molecule has 5 nitrogen and oxygen atoms in total. The zero-order chi connectivity index (χ0) is 12.3. The zero-order valence-electron chi connectivity index (χ0n) is 9.77. The summed E-state index contributed by atoms with van der Waals surface area (Å²) in [6.45, 7) is 3.93. The molecule has 0 saturated carbocycles. The molecule has 1 unspecified atom stereocenters. The fourth-order valence-electron chi connectivity index (χ4n) is 1.54. The van der Waals surface area contributed by atoms with Gasteiger partial charge in [-0.2, -0.15) is 11.3 Å². The van der Waals surface area contributed by atoms with Gasteiger partial charge in [0.25, 0.3) is 0 Å². The number of anilines is 2. The standard InChI is InChI=1S/C11H15N5S/c1-7(9-3-4-17-6-9)13-10-5-11(16-12)15-8(2)14-10/h3-7H,12H2,1-2H3,(H2,13,14,15,16). The first-order chi connectivity index (χ1) is 8.19. The van der Waals surface area contributed by atoms with Gasteiger partial charge in [0.15, 0.2) is 0 Å². The second kappa shape index (κ2) is 5.11. The van der Waals surface area contributed by atoms with E-state index in [1.165, 1.54) is 5.56 Å². The Morgan fingerprint density at radius 2 is 2.12 bits per heavy atom. The minimum absolute atomic E-state index is 0.209. The summed E-state index contributed by atoms with van der Waals surface area (Å²) in [6.07, 6.45) is 0. The van der Waals surface area contributed by atoms with E-state index in [-0.39, 0.29) is 6.04 Å². The first-order valence-corrected chi connectivity index (χ1v) is 6.24. The van der Waals surface area contributed by atoms with Crippen LogP contribution in [0.25, 0.3) is 0 Å². The average Bonchev–Trinajstić information content (AvgIpc) is 2.81. The summed E-state index contributed by atoms with van der Waals surface area (Å²) in [5, 5.41) is 7.50. The molecule has 2 aromatic heterocycles. The minimum Gasteiger partial charge on any atom is -0.363 e. The van der Waals surface area contributed by atoms with E-state index in [0.717, 1.165) is 5.82 Å². The number of hydrogen-bond donors (Lipinski definition) is 3. The van der Waals surface area contributed by atoms with Crippen molar-refractivity contribution in [2.45, 2.75) is 19.9 Å². The number of aryl methyl sites for hydroxylation is 1. The molecule has 2 heterocycles. The average molecular weight is 249 g/mol. The van der Waals surface area contributed by atoms with Gasteiger partial charge in [-0.05, 0) is 36.2 Å². The van der Waals surface area contributed by atoms with E-state index in [1.807, 2.05) is 6.92 Å². The number of hydrogen-bond acceptors (Lipinski definition) is 6. The predicted octanol–water partition coefficient (Wildman–Crippen LogP) is 2.31. The Morgan fingerprint density at radius 1 is 1.35 bits per heavy atom. The maximum Gasteiger partial charge on any atom is 0.145 e. The van der Waals surface area contributed by atoms with Gasteiger partial charge >= 0.3 is 0 Å². The first kappa shape index (κ1) is 11.8. The molecule has 0 saturated heterocycles. The van der Waals surface area contributed by atoms with Gasteiger partial charge in [-0.3, -0.25) is 0 Å². The Morgan fingerprint density at radius 3 is 2.76 bits per heavy atom. The summed E-state index contributed by atoms with van der Waals surface area (Å²) >= 11 is 1.68. The molecule has 2 rings (SSSR count). The first-order valence-electron chi connectivity index (χ1n) is 5.30. The third-order valence-corrected chi connectivity index (χ3v) is 3.09. The van der Waals surface area contributed by atoms with E-state index in [0.29, 0.717) is 11.6 Å². The largest absolute Gasteiger partial charge is 0.363 e. The van der Waals surface area contributed by atoms with Crippen LogP contribution in [0.15, 0.2) is 22.9 Å². The lowest BCUT2D eigenvalue weighted by Gasteiger charge is -2.14. The molecule has 6 heteroatoms. The molecule has 0 bridgehead atoms. The smallest absolute Gasteiger partial charge is 0.145 e. The van der Waals surface area contributed by atoms with E-state index in [9.17, 15) is 0 Å². The number of aromatic nitrogens is 2. The van der Waals surface area contributed by atoms with E-state index in [2.05, 4.69) is 44.5 Å². The molecular formula is C11H15N5S. The van der Waals surface area contributed by atoms with Crippen LogP contribution in [0.2, 0.25) is 0 Å². The molecule has 2 aromatic rings. The Labute approximate surface area is 104 Å². The highest BCUT2D eigenvalue weighted by Crippen LogP contribution is 2.21. The summed E-state index contributed by atoms with van der Waals surface area (Å²) in [5.74, 6) is 7.40. The van der Waals surface area contributed by atoms with Crippen LogP contribution in [0.5, 0.6) is 0 Å². The second-order valence-corrected chi connectivity index (χ2v) is 4.53. The van der Waals surface area contributed by atoms with Gasteiger partial charge in [0.1, 0.15) is 17.5 Å². The summed E-state index contributed by atoms with van der Waals surface area (Å²) in [7, 11) is 0. The monoisotopic (exact) mass is 249 g/mol. The van der Waals surface area contributed by atoms with E-state index in [1.54, 1.807) is 17.4 Å². The lowest BCUT2D eigenvalue weighted by Crippen LogP contribution is -2.12. The maximum atomic E-state index is 5.35. The van der Waals surface area contributed by atoms with Crippen molar-refractivity contribution in [1.29, 1.82) is 0 Å². The van der Waals surface area contributed by atoms with Gasteiger partial charge in [0.2, 0.25) is 0 Å². The van der Waals surface area contributed by atoms with Gasteiger partial charge in [-0.1, -0.05) is 0 Å². The second-order valence-electron chi connectivity index (χ2n) is 3.75.